The highest BCUT2D eigenvalue weighted by molar-refractivity contribution is 7.90. The van der Waals surface area contributed by atoms with Gasteiger partial charge in [-0.05, 0) is 17.7 Å². The highest BCUT2D eigenvalue weighted by atomic mass is 32.2. The number of hydrogen-bond acceptors (Lipinski definition) is 7. The summed E-state index contributed by atoms with van der Waals surface area (Å²) in [5.74, 6) is 1.16. The Hall–Kier alpha value is -2.19. The van der Waals surface area contributed by atoms with Crippen LogP contribution >= 0.6 is 0 Å². The molecule has 0 unspecified atom stereocenters. The number of sulfone groups is 1. The average molecular weight is 362 g/mol. The molecule has 0 bridgehead atoms. The number of hydrogen-bond donors (Lipinski definition) is 0. The lowest BCUT2D eigenvalue weighted by Gasteiger charge is -2.35. The lowest BCUT2D eigenvalue weighted by molar-refractivity contribution is 0.248. The second-order valence-corrected chi connectivity index (χ2v) is 8.05. The van der Waals surface area contributed by atoms with Crippen molar-refractivity contribution in [3.05, 3.63) is 42.2 Å². The maximum atomic E-state index is 12.0. The standard InChI is InChI=1S/C17H22N4O3S/c1-24-16-6-5-14(12-19-16)13-20-8-10-21(11-9-20)17-15(25(2,22)23)4-3-7-18-17/h3-7,12H,8-11,13H2,1-2H3. The van der Waals surface area contributed by atoms with Crippen molar-refractivity contribution in [1.82, 2.24) is 14.9 Å². The Morgan fingerprint density at radius 3 is 2.48 bits per heavy atom. The van der Waals surface area contributed by atoms with Crippen LogP contribution in [0.15, 0.2) is 41.6 Å². The van der Waals surface area contributed by atoms with Crippen molar-refractivity contribution in [3.8, 4) is 5.88 Å². The zero-order valence-corrected chi connectivity index (χ0v) is 15.2. The minimum atomic E-state index is -3.29. The second-order valence-electron chi connectivity index (χ2n) is 6.07. The zero-order chi connectivity index (χ0) is 17.9. The molecule has 1 aliphatic heterocycles. The molecule has 1 fully saturated rings. The summed E-state index contributed by atoms with van der Waals surface area (Å²) in [6, 6.07) is 7.15. The minimum absolute atomic E-state index is 0.294. The Kier molecular flexibility index (Phi) is 5.19. The van der Waals surface area contributed by atoms with Crippen LogP contribution in [0.25, 0.3) is 0 Å². The largest absolute Gasteiger partial charge is 0.481 e. The summed E-state index contributed by atoms with van der Waals surface area (Å²) in [6.45, 7) is 3.97. The Labute approximate surface area is 148 Å². The zero-order valence-electron chi connectivity index (χ0n) is 14.4. The number of aromatic nitrogens is 2. The highest BCUT2D eigenvalue weighted by Crippen LogP contribution is 2.23. The van der Waals surface area contributed by atoms with E-state index in [1.54, 1.807) is 25.4 Å². The first kappa shape index (κ1) is 17.6. The van der Waals surface area contributed by atoms with Crippen molar-refractivity contribution in [2.24, 2.45) is 0 Å². The van der Waals surface area contributed by atoms with Gasteiger partial charge in [0.2, 0.25) is 5.88 Å². The minimum Gasteiger partial charge on any atom is -0.481 e. The van der Waals surface area contributed by atoms with Crippen molar-refractivity contribution in [2.45, 2.75) is 11.4 Å². The smallest absolute Gasteiger partial charge is 0.212 e. The third-order valence-electron chi connectivity index (χ3n) is 4.24. The maximum absolute atomic E-state index is 12.0. The van der Waals surface area contributed by atoms with E-state index in [0.29, 0.717) is 16.6 Å². The molecule has 2 aromatic rings. The van der Waals surface area contributed by atoms with Gasteiger partial charge in [-0.15, -0.1) is 0 Å². The molecule has 0 atom stereocenters. The lowest BCUT2D eigenvalue weighted by Crippen LogP contribution is -2.46. The van der Waals surface area contributed by atoms with Crippen LogP contribution in [0, 0.1) is 0 Å². The SMILES string of the molecule is COc1ccc(CN2CCN(c3ncccc3S(C)(=O)=O)CC2)cn1. The normalized spacial score (nSPS) is 16.0. The summed E-state index contributed by atoms with van der Waals surface area (Å²) in [5, 5.41) is 0. The van der Waals surface area contributed by atoms with E-state index >= 15 is 0 Å². The molecule has 1 saturated heterocycles. The molecule has 0 aliphatic carbocycles. The van der Waals surface area contributed by atoms with E-state index in [1.165, 1.54) is 6.26 Å². The third-order valence-corrected chi connectivity index (χ3v) is 5.35. The Bertz CT molecular complexity index is 816. The predicted molar refractivity (Wildman–Crippen MR) is 95.6 cm³/mol. The van der Waals surface area contributed by atoms with Crippen LogP contribution in [0.1, 0.15) is 5.56 Å². The quantitative estimate of drug-likeness (QED) is 0.791. The Morgan fingerprint density at radius 1 is 1.12 bits per heavy atom. The lowest BCUT2D eigenvalue weighted by atomic mass is 10.2. The number of nitrogens with zero attached hydrogens (tertiary/aromatic N) is 4. The molecular formula is C17H22N4O3S. The van der Waals surface area contributed by atoms with Gasteiger partial charge in [-0.3, -0.25) is 4.90 Å². The van der Waals surface area contributed by atoms with Gasteiger partial charge in [0.15, 0.2) is 9.84 Å². The van der Waals surface area contributed by atoms with Gasteiger partial charge < -0.3 is 9.64 Å². The number of piperazine rings is 1. The van der Waals surface area contributed by atoms with E-state index in [1.807, 2.05) is 23.2 Å². The monoisotopic (exact) mass is 362 g/mol. The molecule has 7 nitrogen and oxygen atoms in total. The number of rotatable bonds is 5. The summed E-state index contributed by atoms with van der Waals surface area (Å²) in [5.41, 5.74) is 1.13. The van der Waals surface area contributed by atoms with Gasteiger partial charge in [0, 0.05) is 57.4 Å². The van der Waals surface area contributed by atoms with Crippen molar-refractivity contribution in [2.75, 3.05) is 44.4 Å². The van der Waals surface area contributed by atoms with Crippen molar-refractivity contribution in [3.63, 3.8) is 0 Å². The molecule has 0 radical (unpaired) electrons. The molecule has 3 rings (SSSR count). The fourth-order valence-electron chi connectivity index (χ4n) is 2.91. The molecule has 25 heavy (non-hydrogen) atoms. The fourth-order valence-corrected chi connectivity index (χ4v) is 3.75. The first-order valence-corrected chi connectivity index (χ1v) is 9.98. The van der Waals surface area contributed by atoms with Gasteiger partial charge in [0.25, 0.3) is 0 Å². The maximum Gasteiger partial charge on any atom is 0.212 e. The van der Waals surface area contributed by atoms with E-state index < -0.39 is 9.84 Å². The first-order valence-electron chi connectivity index (χ1n) is 8.08. The Balaban J connectivity index is 1.64. The topological polar surface area (TPSA) is 75.6 Å². The summed E-state index contributed by atoms with van der Waals surface area (Å²) < 4.78 is 29.0. The highest BCUT2D eigenvalue weighted by Gasteiger charge is 2.23. The molecule has 0 amide bonds. The van der Waals surface area contributed by atoms with Crippen molar-refractivity contribution in [1.29, 1.82) is 0 Å². The van der Waals surface area contributed by atoms with E-state index in [4.69, 9.17) is 4.74 Å². The molecule has 0 N–H and O–H groups in total. The molecule has 3 heterocycles. The van der Waals surface area contributed by atoms with Crippen LogP contribution in [-0.2, 0) is 16.4 Å². The van der Waals surface area contributed by atoms with Crippen molar-refractivity contribution >= 4 is 15.7 Å². The number of methoxy groups -OCH3 is 1. The number of pyridine rings is 2. The van der Waals surface area contributed by atoms with E-state index in [2.05, 4.69) is 14.9 Å². The summed E-state index contributed by atoms with van der Waals surface area (Å²) in [7, 11) is -1.69. The van der Waals surface area contributed by atoms with Gasteiger partial charge in [0.1, 0.15) is 10.7 Å². The van der Waals surface area contributed by atoms with Crippen LogP contribution in [0.4, 0.5) is 5.82 Å². The summed E-state index contributed by atoms with van der Waals surface area (Å²) >= 11 is 0. The molecule has 134 valence electrons. The van der Waals surface area contributed by atoms with Crippen LogP contribution < -0.4 is 9.64 Å². The molecule has 0 aromatic carbocycles. The van der Waals surface area contributed by atoms with Crippen LogP contribution in [-0.4, -0.2) is 62.8 Å². The summed E-state index contributed by atoms with van der Waals surface area (Å²) in [6.07, 6.45) is 4.69. The fraction of sp³-hybridized carbons (Fsp3) is 0.412. The van der Waals surface area contributed by atoms with Gasteiger partial charge in [-0.25, -0.2) is 18.4 Å². The molecule has 8 heteroatoms. The van der Waals surface area contributed by atoms with Gasteiger partial charge in [-0.2, -0.15) is 0 Å². The molecule has 0 saturated carbocycles. The first-order chi connectivity index (χ1) is 12.0. The average Bonchev–Trinajstić information content (AvgIpc) is 2.62. The molecular weight excluding hydrogens is 340 g/mol. The number of ether oxygens (including phenoxy) is 1. The summed E-state index contributed by atoms with van der Waals surface area (Å²) in [4.78, 5) is 13.2. The van der Waals surface area contributed by atoms with Gasteiger partial charge in [-0.1, -0.05) is 6.07 Å². The van der Waals surface area contributed by atoms with E-state index in [0.717, 1.165) is 38.3 Å². The van der Waals surface area contributed by atoms with Crippen LogP contribution in [0.5, 0.6) is 5.88 Å². The predicted octanol–water partition coefficient (Wildman–Crippen LogP) is 1.21. The second kappa shape index (κ2) is 7.37. The number of anilines is 1. The molecule has 2 aromatic heterocycles. The van der Waals surface area contributed by atoms with E-state index in [-0.39, 0.29) is 0 Å². The van der Waals surface area contributed by atoms with Crippen molar-refractivity contribution < 1.29 is 13.2 Å². The van der Waals surface area contributed by atoms with Crippen LogP contribution in [0.3, 0.4) is 0 Å². The van der Waals surface area contributed by atoms with Crippen LogP contribution in [0.2, 0.25) is 0 Å². The van der Waals surface area contributed by atoms with E-state index in [9.17, 15) is 8.42 Å². The van der Waals surface area contributed by atoms with Gasteiger partial charge >= 0.3 is 0 Å². The molecule has 1 aliphatic rings. The third kappa shape index (κ3) is 4.26. The van der Waals surface area contributed by atoms with Gasteiger partial charge in [0.05, 0.1) is 7.11 Å². The Morgan fingerprint density at radius 2 is 1.88 bits per heavy atom. The molecule has 0 spiro atoms.